The Morgan fingerprint density at radius 2 is 1.33 bits per heavy atom. The molecule has 0 bridgehead atoms. The van der Waals surface area contributed by atoms with Crippen molar-refractivity contribution in [3.63, 3.8) is 0 Å². The third kappa shape index (κ3) is 11.4. The molecule has 0 radical (unpaired) electrons. The van der Waals surface area contributed by atoms with Crippen LogP contribution in [0.25, 0.3) is 0 Å². The van der Waals surface area contributed by atoms with Crippen LogP contribution in [0.15, 0.2) is 11.8 Å². The van der Waals surface area contributed by atoms with Crippen molar-refractivity contribution in [2.45, 2.75) is 26.2 Å². The largest absolute Gasteiger partial charge is 1.00 e. The standard InChI is InChI=1S/C5H2F6O2.C4H6.Cu/c6-4(7,8)2(12)1-3(13)5(9,10)11;1-3-4-2;/h1,12H;1-2H3;/q;;+1/p-1/b2-1-;;. The normalized spacial score (nSPS) is 11.2. The molecule has 2 nitrogen and oxygen atoms in total. The van der Waals surface area contributed by atoms with E-state index >= 15 is 0 Å². The van der Waals surface area contributed by atoms with Gasteiger partial charge in [-0.25, -0.2) is 0 Å². The number of hydrogen-bond donors (Lipinski definition) is 0. The molecule has 0 saturated heterocycles. The maximum atomic E-state index is 11.3. The smallest absolute Gasteiger partial charge is 0.869 e. The second-order valence-corrected chi connectivity index (χ2v) is 2.37. The predicted octanol–water partition coefficient (Wildman–Crippen LogP) is 1.95. The number of alkyl halides is 6. The molecule has 0 N–H and O–H groups in total. The first-order valence-corrected chi connectivity index (χ1v) is 3.87. The fourth-order valence-corrected chi connectivity index (χ4v) is 0.283. The molecule has 0 aliphatic heterocycles. The molecule has 108 valence electrons. The van der Waals surface area contributed by atoms with Gasteiger partial charge in [-0.2, -0.15) is 26.3 Å². The van der Waals surface area contributed by atoms with Crippen LogP contribution in [-0.2, 0) is 21.9 Å². The molecular formula is C9H7CuF6O2. The predicted molar refractivity (Wildman–Crippen MR) is 44.3 cm³/mol. The topological polar surface area (TPSA) is 40.1 Å². The van der Waals surface area contributed by atoms with Gasteiger partial charge in [0, 0.05) is 0 Å². The summed E-state index contributed by atoms with van der Waals surface area (Å²) in [6, 6.07) is 0. The van der Waals surface area contributed by atoms with Gasteiger partial charge in [-0.15, -0.1) is 11.8 Å². The summed E-state index contributed by atoms with van der Waals surface area (Å²) in [6.45, 7) is 3.64. The van der Waals surface area contributed by atoms with Crippen LogP contribution in [0.4, 0.5) is 26.3 Å². The summed E-state index contributed by atoms with van der Waals surface area (Å²) >= 11 is 0. The summed E-state index contributed by atoms with van der Waals surface area (Å²) in [6.07, 6.45) is -11.9. The summed E-state index contributed by atoms with van der Waals surface area (Å²) in [5.74, 6) is -0.287. The maximum absolute atomic E-state index is 11.3. The van der Waals surface area contributed by atoms with E-state index in [9.17, 15) is 36.2 Å². The van der Waals surface area contributed by atoms with Crippen LogP contribution < -0.4 is 5.11 Å². The molecule has 0 atom stereocenters. The molecule has 0 aliphatic rings. The van der Waals surface area contributed by atoms with Crippen molar-refractivity contribution in [2.75, 3.05) is 0 Å². The van der Waals surface area contributed by atoms with Crippen LogP contribution in [0.2, 0.25) is 0 Å². The van der Waals surface area contributed by atoms with Gasteiger partial charge in [-0.05, 0) is 25.7 Å². The van der Waals surface area contributed by atoms with Crippen LogP contribution in [0.1, 0.15) is 13.8 Å². The van der Waals surface area contributed by atoms with E-state index in [1.807, 2.05) is 13.8 Å². The van der Waals surface area contributed by atoms with E-state index < -0.39 is 30.0 Å². The van der Waals surface area contributed by atoms with Gasteiger partial charge < -0.3 is 5.11 Å². The zero-order valence-electron chi connectivity index (χ0n) is 8.96. The van der Waals surface area contributed by atoms with E-state index in [4.69, 9.17) is 0 Å². The van der Waals surface area contributed by atoms with Gasteiger partial charge in [0.15, 0.2) is 0 Å². The zero-order chi connectivity index (χ0) is 14.3. The van der Waals surface area contributed by atoms with Gasteiger partial charge in [0.1, 0.15) is 0 Å². The molecular weight excluding hydrogens is 318 g/mol. The van der Waals surface area contributed by atoms with Crippen molar-refractivity contribution in [3.8, 4) is 11.8 Å². The first-order valence-electron chi connectivity index (χ1n) is 3.87. The van der Waals surface area contributed by atoms with Crippen molar-refractivity contribution >= 4 is 5.78 Å². The van der Waals surface area contributed by atoms with Crippen molar-refractivity contribution in [1.82, 2.24) is 0 Å². The molecule has 0 fully saturated rings. The van der Waals surface area contributed by atoms with Gasteiger partial charge in [0.25, 0.3) is 5.78 Å². The minimum atomic E-state index is -5.46. The van der Waals surface area contributed by atoms with Crippen LogP contribution >= 0.6 is 0 Å². The Kier molecular flexibility index (Phi) is 10.9. The summed E-state index contributed by atoms with van der Waals surface area (Å²) in [5, 5.41) is 9.82. The molecule has 18 heavy (non-hydrogen) atoms. The van der Waals surface area contributed by atoms with Crippen molar-refractivity contribution in [3.05, 3.63) is 11.8 Å². The Bertz CT molecular complexity index is 339. The molecule has 9 heteroatoms. The zero-order valence-corrected chi connectivity index (χ0v) is 9.90. The molecule has 0 aromatic carbocycles. The average molecular weight is 325 g/mol. The van der Waals surface area contributed by atoms with Gasteiger partial charge in [0.2, 0.25) is 0 Å². The second-order valence-electron chi connectivity index (χ2n) is 2.37. The summed E-state index contributed by atoms with van der Waals surface area (Å²) in [4.78, 5) is 9.82. The minimum absolute atomic E-state index is 0. The molecule has 0 unspecified atom stereocenters. The monoisotopic (exact) mass is 324 g/mol. The van der Waals surface area contributed by atoms with Crippen LogP contribution in [0, 0.1) is 11.8 Å². The fourth-order valence-electron chi connectivity index (χ4n) is 0.283. The van der Waals surface area contributed by atoms with Crippen LogP contribution in [-0.4, -0.2) is 18.1 Å². The molecule has 0 heterocycles. The molecule has 0 amide bonds. The van der Waals surface area contributed by atoms with E-state index in [1.54, 1.807) is 0 Å². The number of carbonyl (C=O) groups is 1. The molecule has 0 saturated carbocycles. The number of rotatable bonds is 1. The average Bonchev–Trinajstić information content (AvgIpc) is 2.15. The molecule has 0 spiro atoms. The number of carbonyl (C=O) groups excluding carboxylic acids is 1. The first-order chi connectivity index (χ1) is 7.46. The summed E-state index contributed by atoms with van der Waals surface area (Å²) in [5.41, 5.74) is 0. The van der Waals surface area contributed by atoms with Crippen molar-refractivity contribution in [1.29, 1.82) is 0 Å². The molecule has 0 aromatic rings. The van der Waals surface area contributed by atoms with Gasteiger partial charge in [-0.3, -0.25) is 4.79 Å². The van der Waals surface area contributed by atoms with Gasteiger partial charge >= 0.3 is 29.4 Å². The quantitative estimate of drug-likeness (QED) is 0.243. The number of halogens is 6. The number of ketones is 1. The van der Waals surface area contributed by atoms with E-state index in [0.29, 0.717) is 0 Å². The van der Waals surface area contributed by atoms with E-state index in [1.165, 1.54) is 0 Å². The fraction of sp³-hybridized carbons (Fsp3) is 0.444. The second kappa shape index (κ2) is 8.89. The third-order valence-electron chi connectivity index (χ3n) is 1.07. The van der Waals surface area contributed by atoms with E-state index in [0.717, 1.165) is 0 Å². The van der Waals surface area contributed by atoms with Gasteiger partial charge in [0.05, 0.1) is 0 Å². The Balaban J connectivity index is -0.000000392. The summed E-state index contributed by atoms with van der Waals surface area (Å²) < 4.78 is 67.8. The number of hydrogen-bond acceptors (Lipinski definition) is 2. The summed E-state index contributed by atoms with van der Waals surface area (Å²) in [7, 11) is 0. The van der Waals surface area contributed by atoms with Crippen LogP contribution in [0.3, 0.4) is 0 Å². The van der Waals surface area contributed by atoms with Crippen molar-refractivity contribution in [2.24, 2.45) is 0 Å². The Labute approximate surface area is 110 Å². The molecule has 0 aliphatic carbocycles. The SMILES string of the molecule is CC#CC.O=C(/C=C(\[O-])C(F)(F)F)C(F)(F)F.[Cu+]. The van der Waals surface area contributed by atoms with Crippen molar-refractivity contribution < 1.29 is 53.3 Å². The Hall–Kier alpha value is -1.13. The number of allylic oxidation sites excluding steroid dienone is 2. The van der Waals surface area contributed by atoms with Gasteiger partial charge in [-0.1, -0.05) is 0 Å². The van der Waals surface area contributed by atoms with E-state index in [2.05, 4.69) is 11.8 Å². The minimum Gasteiger partial charge on any atom is -0.869 e. The maximum Gasteiger partial charge on any atom is 1.00 e. The van der Waals surface area contributed by atoms with Crippen LogP contribution in [0.5, 0.6) is 0 Å². The third-order valence-corrected chi connectivity index (χ3v) is 1.07. The Morgan fingerprint density at radius 1 is 1.00 bits per heavy atom. The molecule has 0 aromatic heterocycles. The van der Waals surface area contributed by atoms with E-state index in [-0.39, 0.29) is 17.1 Å². The Morgan fingerprint density at radius 3 is 1.50 bits per heavy atom. The molecule has 0 rings (SSSR count). The first kappa shape index (κ1) is 22.1.